The normalized spacial score (nSPS) is 10.2. The Hall–Kier alpha value is -2.17. The summed E-state index contributed by atoms with van der Waals surface area (Å²) < 4.78 is 25.6. The summed E-state index contributed by atoms with van der Waals surface area (Å²) in [4.78, 5) is 4.03. The first kappa shape index (κ1) is 11.3. The summed E-state index contributed by atoms with van der Waals surface area (Å²) in [5.41, 5.74) is 6.81. The van der Waals surface area contributed by atoms with E-state index >= 15 is 0 Å². The van der Waals surface area contributed by atoms with Gasteiger partial charge in [-0.05, 0) is 29.8 Å². The number of benzene rings is 1. The topological polar surface area (TPSA) is 50.9 Å². The number of hydrogen-bond donors (Lipinski definition) is 2. The number of halogens is 2. The SMILES string of the molecule is Nc1cccnc1NCc1ccc(F)c(F)c1. The van der Waals surface area contributed by atoms with E-state index in [-0.39, 0.29) is 0 Å². The average Bonchev–Trinajstić information content (AvgIpc) is 2.32. The van der Waals surface area contributed by atoms with Crippen LogP contribution >= 0.6 is 0 Å². The van der Waals surface area contributed by atoms with Gasteiger partial charge in [-0.1, -0.05) is 6.07 Å². The summed E-state index contributed by atoms with van der Waals surface area (Å²) in [7, 11) is 0. The molecule has 1 aromatic carbocycles. The second-order valence-corrected chi connectivity index (χ2v) is 3.54. The van der Waals surface area contributed by atoms with Crippen LogP contribution in [0.1, 0.15) is 5.56 Å². The van der Waals surface area contributed by atoms with E-state index in [0.29, 0.717) is 23.6 Å². The fourth-order valence-corrected chi connectivity index (χ4v) is 1.40. The zero-order valence-electron chi connectivity index (χ0n) is 8.95. The number of nitrogens with two attached hydrogens (primary N) is 1. The van der Waals surface area contributed by atoms with Crippen LogP contribution in [0, 0.1) is 11.6 Å². The molecule has 0 saturated heterocycles. The van der Waals surface area contributed by atoms with Crippen LogP contribution in [0.2, 0.25) is 0 Å². The van der Waals surface area contributed by atoms with E-state index in [1.807, 2.05) is 0 Å². The van der Waals surface area contributed by atoms with Crippen molar-refractivity contribution in [1.29, 1.82) is 0 Å². The van der Waals surface area contributed by atoms with Crippen LogP contribution in [0.15, 0.2) is 36.5 Å². The Bertz CT molecular complexity index is 529. The van der Waals surface area contributed by atoms with Crippen LogP contribution in [0.25, 0.3) is 0 Å². The molecule has 0 atom stereocenters. The molecule has 0 spiro atoms. The maximum absolute atomic E-state index is 12.9. The van der Waals surface area contributed by atoms with E-state index in [4.69, 9.17) is 5.73 Å². The highest BCUT2D eigenvalue weighted by Gasteiger charge is 2.03. The Morgan fingerprint density at radius 2 is 2.00 bits per heavy atom. The maximum Gasteiger partial charge on any atom is 0.159 e. The summed E-state index contributed by atoms with van der Waals surface area (Å²) in [6.45, 7) is 0.332. The highest BCUT2D eigenvalue weighted by Crippen LogP contribution is 2.15. The lowest BCUT2D eigenvalue weighted by atomic mass is 10.2. The second-order valence-electron chi connectivity index (χ2n) is 3.54. The van der Waals surface area contributed by atoms with Crippen molar-refractivity contribution in [3.63, 3.8) is 0 Å². The second kappa shape index (κ2) is 4.78. The molecule has 0 radical (unpaired) electrons. The molecule has 88 valence electrons. The van der Waals surface area contributed by atoms with E-state index in [1.54, 1.807) is 18.3 Å². The van der Waals surface area contributed by atoms with E-state index in [9.17, 15) is 8.78 Å². The molecule has 0 amide bonds. The van der Waals surface area contributed by atoms with E-state index in [2.05, 4.69) is 10.3 Å². The number of nitrogen functional groups attached to an aromatic ring is 1. The summed E-state index contributed by atoms with van der Waals surface area (Å²) >= 11 is 0. The molecule has 0 bridgehead atoms. The van der Waals surface area contributed by atoms with Gasteiger partial charge in [0.2, 0.25) is 0 Å². The summed E-state index contributed by atoms with van der Waals surface area (Å²) in [6, 6.07) is 7.17. The zero-order valence-corrected chi connectivity index (χ0v) is 8.95. The highest BCUT2D eigenvalue weighted by molar-refractivity contribution is 5.60. The number of aromatic nitrogens is 1. The lowest BCUT2D eigenvalue weighted by Gasteiger charge is -2.07. The average molecular weight is 235 g/mol. The number of nitrogens with one attached hydrogen (secondary N) is 1. The van der Waals surface area contributed by atoms with Gasteiger partial charge in [0.05, 0.1) is 5.69 Å². The van der Waals surface area contributed by atoms with Crippen LogP contribution in [0.3, 0.4) is 0 Å². The number of hydrogen-bond acceptors (Lipinski definition) is 3. The van der Waals surface area contributed by atoms with Gasteiger partial charge in [0.25, 0.3) is 0 Å². The predicted molar refractivity (Wildman–Crippen MR) is 62.3 cm³/mol. The smallest absolute Gasteiger partial charge is 0.159 e. The lowest BCUT2D eigenvalue weighted by Crippen LogP contribution is -2.04. The Balaban J connectivity index is 2.08. The van der Waals surface area contributed by atoms with Crippen molar-refractivity contribution in [2.75, 3.05) is 11.1 Å². The summed E-state index contributed by atoms with van der Waals surface area (Å²) in [5.74, 6) is -1.19. The first-order valence-corrected chi connectivity index (χ1v) is 5.05. The predicted octanol–water partition coefficient (Wildman–Crippen LogP) is 2.55. The fraction of sp³-hybridized carbons (Fsp3) is 0.0833. The van der Waals surface area contributed by atoms with E-state index in [0.717, 1.165) is 12.1 Å². The highest BCUT2D eigenvalue weighted by atomic mass is 19.2. The molecule has 0 saturated carbocycles. The van der Waals surface area contributed by atoms with Crippen molar-refractivity contribution < 1.29 is 8.78 Å². The molecule has 5 heteroatoms. The van der Waals surface area contributed by atoms with Gasteiger partial charge < -0.3 is 11.1 Å². The molecule has 17 heavy (non-hydrogen) atoms. The fourth-order valence-electron chi connectivity index (χ4n) is 1.40. The van der Waals surface area contributed by atoms with Crippen LogP contribution in [0.5, 0.6) is 0 Å². The molecule has 3 N–H and O–H groups in total. The van der Waals surface area contributed by atoms with Gasteiger partial charge in [0, 0.05) is 12.7 Å². The molecule has 0 fully saturated rings. The van der Waals surface area contributed by atoms with Gasteiger partial charge in [-0.15, -0.1) is 0 Å². The van der Waals surface area contributed by atoms with Gasteiger partial charge in [0.1, 0.15) is 5.82 Å². The molecule has 0 aliphatic heterocycles. The molecule has 3 nitrogen and oxygen atoms in total. The molecule has 0 unspecified atom stereocenters. The first-order chi connectivity index (χ1) is 8.16. The van der Waals surface area contributed by atoms with E-state index in [1.165, 1.54) is 6.07 Å². The standard InChI is InChI=1S/C12H11F2N3/c13-9-4-3-8(6-10(9)14)7-17-12-11(15)2-1-5-16-12/h1-6H,7,15H2,(H,16,17). The monoisotopic (exact) mass is 235 g/mol. The lowest BCUT2D eigenvalue weighted by molar-refractivity contribution is 0.507. The zero-order chi connectivity index (χ0) is 12.3. The summed E-state index contributed by atoms with van der Waals surface area (Å²) in [5, 5.41) is 2.95. The summed E-state index contributed by atoms with van der Waals surface area (Å²) in [6.07, 6.45) is 1.60. The van der Waals surface area contributed by atoms with Gasteiger partial charge in [-0.2, -0.15) is 0 Å². The maximum atomic E-state index is 12.9. The van der Waals surface area contributed by atoms with Crippen molar-refractivity contribution in [2.45, 2.75) is 6.54 Å². The minimum Gasteiger partial charge on any atom is -0.396 e. The molecular formula is C12H11F2N3. The molecular weight excluding hydrogens is 224 g/mol. The molecule has 2 aromatic rings. The largest absolute Gasteiger partial charge is 0.396 e. The van der Waals surface area contributed by atoms with Gasteiger partial charge >= 0.3 is 0 Å². The van der Waals surface area contributed by atoms with Crippen molar-refractivity contribution >= 4 is 11.5 Å². The first-order valence-electron chi connectivity index (χ1n) is 5.05. The van der Waals surface area contributed by atoms with Gasteiger partial charge in [-0.25, -0.2) is 13.8 Å². The van der Waals surface area contributed by atoms with Crippen LogP contribution in [0.4, 0.5) is 20.3 Å². The Kier molecular flexibility index (Phi) is 3.18. The molecule has 0 aliphatic carbocycles. The van der Waals surface area contributed by atoms with Crippen molar-refractivity contribution in [3.05, 3.63) is 53.7 Å². The van der Waals surface area contributed by atoms with Gasteiger partial charge in [0.15, 0.2) is 11.6 Å². The van der Waals surface area contributed by atoms with Crippen molar-refractivity contribution in [1.82, 2.24) is 4.98 Å². The molecule has 0 aliphatic rings. The quantitative estimate of drug-likeness (QED) is 0.859. The van der Waals surface area contributed by atoms with Crippen LogP contribution in [-0.2, 0) is 6.54 Å². The number of rotatable bonds is 3. The molecule has 1 heterocycles. The Morgan fingerprint density at radius 1 is 1.18 bits per heavy atom. The Labute approximate surface area is 97.3 Å². The van der Waals surface area contributed by atoms with Gasteiger partial charge in [-0.3, -0.25) is 0 Å². The minimum atomic E-state index is -0.863. The number of anilines is 2. The van der Waals surface area contributed by atoms with Crippen LogP contribution < -0.4 is 11.1 Å². The molecule has 1 aromatic heterocycles. The van der Waals surface area contributed by atoms with E-state index < -0.39 is 11.6 Å². The third-order valence-electron chi connectivity index (χ3n) is 2.28. The van der Waals surface area contributed by atoms with Crippen LogP contribution in [-0.4, -0.2) is 4.98 Å². The number of nitrogens with zero attached hydrogens (tertiary/aromatic N) is 1. The van der Waals surface area contributed by atoms with Crippen molar-refractivity contribution in [3.8, 4) is 0 Å². The Morgan fingerprint density at radius 3 is 2.71 bits per heavy atom. The third-order valence-corrected chi connectivity index (χ3v) is 2.28. The molecule has 2 rings (SSSR count). The third kappa shape index (κ3) is 2.69. The number of pyridine rings is 1. The minimum absolute atomic E-state index is 0.332. The van der Waals surface area contributed by atoms with Crippen molar-refractivity contribution in [2.24, 2.45) is 0 Å².